The van der Waals surface area contributed by atoms with Gasteiger partial charge in [-0.25, -0.2) is 12.8 Å². The summed E-state index contributed by atoms with van der Waals surface area (Å²) in [6, 6.07) is 5.11. The van der Waals surface area contributed by atoms with Gasteiger partial charge in [-0.15, -0.1) is 0 Å². The molecule has 0 spiro atoms. The molecule has 0 fully saturated rings. The summed E-state index contributed by atoms with van der Waals surface area (Å²) in [6.45, 7) is 3.98. The summed E-state index contributed by atoms with van der Waals surface area (Å²) in [5.74, 6) is -0.409. The molecule has 1 rings (SSSR count). The van der Waals surface area contributed by atoms with Crippen molar-refractivity contribution < 1.29 is 12.8 Å². The molecule has 1 atom stereocenters. The van der Waals surface area contributed by atoms with Crippen molar-refractivity contribution in [3.63, 3.8) is 0 Å². The molecular formula is C14H21FO2S. The Morgan fingerprint density at radius 3 is 2.22 bits per heavy atom. The maximum Gasteiger partial charge on any atom is 0.181 e. The fraction of sp³-hybridized carbons (Fsp3) is 0.571. The van der Waals surface area contributed by atoms with Gasteiger partial charge in [-0.2, -0.15) is 0 Å². The van der Waals surface area contributed by atoms with Crippen LogP contribution in [0.5, 0.6) is 0 Å². The number of sulfone groups is 1. The molecule has 4 heteroatoms. The Morgan fingerprint density at radius 1 is 1.11 bits per heavy atom. The minimum Gasteiger partial charge on any atom is -0.223 e. The molecule has 1 aromatic carbocycles. The molecule has 0 aliphatic heterocycles. The van der Waals surface area contributed by atoms with Crippen LogP contribution >= 0.6 is 0 Å². The lowest BCUT2D eigenvalue weighted by atomic mass is 10.1. The van der Waals surface area contributed by atoms with E-state index in [0.717, 1.165) is 19.3 Å². The lowest BCUT2D eigenvalue weighted by Crippen LogP contribution is -2.20. The maximum atomic E-state index is 12.8. The van der Waals surface area contributed by atoms with Gasteiger partial charge in [0.1, 0.15) is 5.82 Å². The van der Waals surface area contributed by atoms with E-state index in [0.29, 0.717) is 12.8 Å². The molecule has 0 aliphatic rings. The number of benzene rings is 1. The molecule has 1 aromatic rings. The zero-order valence-corrected chi connectivity index (χ0v) is 11.8. The molecular weight excluding hydrogens is 251 g/mol. The van der Waals surface area contributed by atoms with E-state index in [9.17, 15) is 12.8 Å². The predicted octanol–water partition coefficient (Wildman–Crippen LogP) is 3.96. The minimum absolute atomic E-state index is 0.229. The molecule has 0 saturated carbocycles. The van der Waals surface area contributed by atoms with Crippen molar-refractivity contribution in [2.45, 2.75) is 56.1 Å². The van der Waals surface area contributed by atoms with Crippen LogP contribution < -0.4 is 0 Å². The third-order valence-corrected chi connectivity index (χ3v) is 5.54. The summed E-state index contributed by atoms with van der Waals surface area (Å²) in [5, 5.41) is -0.352. The summed E-state index contributed by atoms with van der Waals surface area (Å²) < 4.78 is 37.5. The summed E-state index contributed by atoms with van der Waals surface area (Å²) in [4.78, 5) is 0.229. The molecule has 0 aliphatic carbocycles. The van der Waals surface area contributed by atoms with Gasteiger partial charge in [0.05, 0.1) is 10.1 Å². The van der Waals surface area contributed by atoms with Gasteiger partial charge < -0.3 is 0 Å². The zero-order chi connectivity index (χ0) is 13.6. The van der Waals surface area contributed by atoms with Crippen molar-refractivity contribution in [2.24, 2.45) is 0 Å². The first-order valence-corrected chi connectivity index (χ1v) is 8.06. The molecule has 0 radical (unpaired) electrons. The highest BCUT2D eigenvalue weighted by Crippen LogP contribution is 2.23. The SMILES string of the molecule is CCCCCC(CC)S(=O)(=O)c1ccc(F)cc1. The van der Waals surface area contributed by atoms with Crippen LogP contribution in [0.4, 0.5) is 4.39 Å². The number of hydrogen-bond acceptors (Lipinski definition) is 2. The standard InChI is InChI=1S/C14H21FO2S/c1-3-5-6-7-13(4-2)18(16,17)14-10-8-12(15)9-11-14/h8-11,13H,3-7H2,1-2H3. The first-order valence-electron chi connectivity index (χ1n) is 6.51. The Labute approximate surface area is 109 Å². The van der Waals surface area contributed by atoms with Crippen molar-refractivity contribution in [2.75, 3.05) is 0 Å². The number of rotatable bonds is 7. The number of hydrogen-bond donors (Lipinski definition) is 0. The molecule has 0 aromatic heterocycles. The smallest absolute Gasteiger partial charge is 0.181 e. The molecule has 0 saturated heterocycles. The van der Waals surface area contributed by atoms with Gasteiger partial charge in [0.15, 0.2) is 9.84 Å². The first kappa shape index (κ1) is 15.2. The van der Waals surface area contributed by atoms with E-state index in [1.807, 2.05) is 6.92 Å². The number of unbranched alkanes of at least 4 members (excludes halogenated alkanes) is 2. The van der Waals surface area contributed by atoms with Crippen molar-refractivity contribution in [3.05, 3.63) is 30.1 Å². The van der Waals surface area contributed by atoms with Crippen molar-refractivity contribution >= 4 is 9.84 Å². The lowest BCUT2D eigenvalue weighted by molar-refractivity contribution is 0.552. The van der Waals surface area contributed by atoms with Crippen LogP contribution in [0.15, 0.2) is 29.2 Å². The molecule has 0 N–H and O–H groups in total. The van der Waals surface area contributed by atoms with Gasteiger partial charge in [0.2, 0.25) is 0 Å². The maximum absolute atomic E-state index is 12.8. The second-order valence-electron chi connectivity index (χ2n) is 4.52. The molecule has 102 valence electrons. The highest BCUT2D eigenvalue weighted by atomic mass is 32.2. The van der Waals surface area contributed by atoms with Gasteiger partial charge in [-0.05, 0) is 37.1 Å². The van der Waals surface area contributed by atoms with Crippen LogP contribution in [-0.4, -0.2) is 13.7 Å². The fourth-order valence-electron chi connectivity index (χ4n) is 2.02. The van der Waals surface area contributed by atoms with Crippen molar-refractivity contribution in [1.29, 1.82) is 0 Å². The topological polar surface area (TPSA) is 34.1 Å². The third kappa shape index (κ3) is 3.80. The van der Waals surface area contributed by atoms with Gasteiger partial charge in [-0.3, -0.25) is 0 Å². The van der Waals surface area contributed by atoms with E-state index < -0.39 is 15.7 Å². The minimum atomic E-state index is -3.32. The Morgan fingerprint density at radius 2 is 1.72 bits per heavy atom. The molecule has 18 heavy (non-hydrogen) atoms. The van der Waals surface area contributed by atoms with Crippen LogP contribution in [0, 0.1) is 5.82 Å². The van der Waals surface area contributed by atoms with E-state index in [1.54, 1.807) is 0 Å². The van der Waals surface area contributed by atoms with Crippen molar-refractivity contribution in [3.8, 4) is 0 Å². The summed E-state index contributed by atoms with van der Waals surface area (Å²) in [7, 11) is -3.32. The molecule has 0 bridgehead atoms. The van der Waals surface area contributed by atoms with Crippen LogP contribution in [0.3, 0.4) is 0 Å². The predicted molar refractivity (Wildman–Crippen MR) is 71.8 cm³/mol. The molecule has 2 nitrogen and oxygen atoms in total. The van der Waals surface area contributed by atoms with Gasteiger partial charge in [0.25, 0.3) is 0 Å². The van der Waals surface area contributed by atoms with E-state index >= 15 is 0 Å². The second kappa shape index (κ2) is 6.88. The highest BCUT2D eigenvalue weighted by Gasteiger charge is 2.25. The van der Waals surface area contributed by atoms with Gasteiger partial charge in [0, 0.05) is 0 Å². The number of halogens is 1. The quantitative estimate of drug-likeness (QED) is 0.556. The van der Waals surface area contributed by atoms with Crippen molar-refractivity contribution in [1.82, 2.24) is 0 Å². The Hall–Kier alpha value is -0.900. The van der Waals surface area contributed by atoms with Crippen LogP contribution in [-0.2, 0) is 9.84 Å². The van der Waals surface area contributed by atoms with Crippen LogP contribution in [0.1, 0.15) is 46.0 Å². The Kier molecular flexibility index (Phi) is 5.79. The van der Waals surface area contributed by atoms with Gasteiger partial charge >= 0.3 is 0 Å². The van der Waals surface area contributed by atoms with Crippen LogP contribution in [0.25, 0.3) is 0 Å². The second-order valence-corrected chi connectivity index (χ2v) is 6.75. The summed E-state index contributed by atoms with van der Waals surface area (Å²) in [5.41, 5.74) is 0. The monoisotopic (exact) mass is 272 g/mol. The third-order valence-electron chi connectivity index (χ3n) is 3.17. The average molecular weight is 272 g/mol. The Bertz CT molecular complexity index is 451. The zero-order valence-electron chi connectivity index (χ0n) is 11.0. The summed E-state index contributed by atoms with van der Waals surface area (Å²) in [6.07, 6.45) is 4.34. The van der Waals surface area contributed by atoms with E-state index in [-0.39, 0.29) is 10.1 Å². The lowest BCUT2D eigenvalue weighted by Gasteiger charge is -2.15. The van der Waals surface area contributed by atoms with E-state index in [4.69, 9.17) is 0 Å². The first-order chi connectivity index (χ1) is 8.52. The Balaban J connectivity index is 2.85. The van der Waals surface area contributed by atoms with Crippen LogP contribution in [0.2, 0.25) is 0 Å². The van der Waals surface area contributed by atoms with E-state index in [2.05, 4.69) is 6.92 Å². The normalized spacial score (nSPS) is 13.5. The fourth-order valence-corrected chi connectivity index (χ4v) is 3.83. The molecule has 0 heterocycles. The van der Waals surface area contributed by atoms with E-state index in [1.165, 1.54) is 24.3 Å². The molecule has 1 unspecified atom stereocenters. The highest BCUT2D eigenvalue weighted by molar-refractivity contribution is 7.92. The molecule has 0 amide bonds. The largest absolute Gasteiger partial charge is 0.223 e. The van der Waals surface area contributed by atoms with Gasteiger partial charge in [-0.1, -0.05) is 33.1 Å². The summed E-state index contributed by atoms with van der Waals surface area (Å²) >= 11 is 0. The average Bonchev–Trinajstić information content (AvgIpc) is 2.35.